The van der Waals surface area contributed by atoms with Crippen molar-refractivity contribution in [2.75, 3.05) is 0 Å². The smallest absolute Gasteiger partial charge is 0.335 e. The number of halogens is 1. The van der Waals surface area contributed by atoms with Crippen molar-refractivity contribution in [2.24, 2.45) is 0 Å². The lowest BCUT2D eigenvalue weighted by Crippen LogP contribution is -2.32. The van der Waals surface area contributed by atoms with Crippen LogP contribution >= 0.6 is 15.9 Å². The highest BCUT2D eigenvalue weighted by Crippen LogP contribution is 2.27. The second-order valence-electron chi connectivity index (χ2n) is 4.76. The Morgan fingerprint density at radius 3 is 2.57 bits per heavy atom. The zero-order valence-corrected chi connectivity index (χ0v) is 12.9. The van der Waals surface area contributed by atoms with Crippen molar-refractivity contribution >= 4 is 15.9 Å². The fourth-order valence-electron chi connectivity index (χ4n) is 2.04. The van der Waals surface area contributed by atoms with Gasteiger partial charge in [-0.25, -0.2) is 9.36 Å². The second-order valence-corrected chi connectivity index (χ2v) is 5.62. The van der Waals surface area contributed by atoms with E-state index < -0.39 is 17.1 Å². The highest BCUT2D eigenvalue weighted by atomic mass is 79.9. The number of hydrogen-bond donors (Lipinski definition) is 2. The zero-order chi connectivity index (χ0) is 15.7. The van der Waals surface area contributed by atoms with E-state index in [0.717, 1.165) is 4.57 Å². The van der Waals surface area contributed by atoms with Crippen LogP contribution in [0.5, 0.6) is 5.88 Å². The van der Waals surface area contributed by atoms with Gasteiger partial charge in [-0.1, -0.05) is 13.8 Å². The van der Waals surface area contributed by atoms with Gasteiger partial charge in [0.25, 0.3) is 5.56 Å². The quantitative estimate of drug-likeness (QED) is 0.865. The average molecular weight is 350 g/mol. The SMILES string of the molecule is CC(C)c1c(O)n(-c2ccc(C#N)cc2Br)c(=O)[nH]c1=O. The normalized spacial score (nSPS) is 10.6. The molecule has 7 heteroatoms. The summed E-state index contributed by atoms with van der Waals surface area (Å²) in [5, 5.41) is 19.1. The molecule has 0 bridgehead atoms. The van der Waals surface area contributed by atoms with Gasteiger partial charge in [0.1, 0.15) is 0 Å². The molecule has 0 aliphatic carbocycles. The van der Waals surface area contributed by atoms with Crippen molar-refractivity contribution in [3.05, 3.63) is 54.6 Å². The highest BCUT2D eigenvalue weighted by Gasteiger charge is 2.19. The van der Waals surface area contributed by atoms with E-state index in [2.05, 4.69) is 20.9 Å². The van der Waals surface area contributed by atoms with Crippen LogP contribution in [0, 0.1) is 11.3 Å². The molecule has 1 aromatic heterocycles. The van der Waals surface area contributed by atoms with Gasteiger partial charge in [0.05, 0.1) is 22.9 Å². The Kier molecular flexibility index (Phi) is 4.00. The Morgan fingerprint density at radius 1 is 1.38 bits per heavy atom. The van der Waals surface area contributed by atoms with Crippen LogP contribution in [0.25, 0.3) is 5.69 Å². The number of aromatic amines is 1. The van der Waals surface area contributed by atoms with Crippen LogP contribution in [0.4, 0.5) is 0 Å². The van der Waals surface area contributed by atoms with Crippen LogP contribution in [0.2, 0.25) is 0 Å². The van der Waals surface area contributed by atoms with Gasteiger partial charge in [-0.3, -0.25) is 9.78 Å². The molecule has 2 aromatic rings. The Bertz CT molecular complexity index is 859. The molecule has 2 N–H and O–H groups in total. The minimum Gasteiger partial charge on any atom is -0.494 e. The summed E-state index contributed by atoms with van der Waals surface area (Å²) in [5.74, 6) is -0.651. The Labute approximate surface area is 128 Å². The summed E-state index contributed by atoms with van der Waals surface area (Å²) in [6.07, 6.45) is 0. The lowest BCUT2D eigenvalue weighted by molar-refractivity contribution is 0.419. The predicted octanol–water partition coefficient (Wildman–Crippen LogP) is 1.99. The fraction of sp³-hybridized carbons (Fsp3) is 0.214. The molecule has 0 amide bonds. The molecule has 6 nitrogen and oxygen atoms in total. The van der Waals surface area contributed by atoms with Crippen molar-refractivity contribution in [3.63, 3.8) is 0 Å². The van der Waals surface area contributed by atoms with Gasteiger partial charge >= 0.3 is 5.69 Å². The van der Waals surface area contributed by atoms with Crippen LogP contribution in [-0.4, -0.2) is 14.7 Å². The molecule has 0 unspecified atom stereocenters. The van der Waals surface area contributed by atoms with Crippen LogP contribution < -0.4 is 11.2 Å². The standard InChI is InChI=1S/C14H12BrN3O3/c1-7(2)11-12(19)17-14(21)18(13(11)20)10-4-3-8(6-16)5-9(10)15/h3-5,7,20H,1-2H3,(H,17,19,21). The first-order valence-corrected chi connectivity index (χ1v) is 6.94. The number of aromatic nitrogens is 2. The summed E-state index contributed by atoms with van der Waals surface area (Å²) in [6.45, 7) is 3.49. The van der Waals surface area contributed by atoms with Crippen molar-refractivity contribution in [3.8, 4) is 17.6 Å². The third-order valence-corrected chi connectivity index (χ3v) is 3.65. The van der Waals surface area contributed by atoms with E-state index in [1.54, 1.807) is 13.8 Å². The molecule has 0 saturated heterocycles. The molecule has 0 saturated carbocycles. The number of nitrogens with zero attached hydrogens (tertiary/aromatic N) is 2. The van der Waals surface area contributed by atoms with Gasteiger partial charge in [-0.2, -0.15) is 5.26 Å². The maximum atomic E-state index is 12.0. The maximum absolute atomic E-state index is 12.0. The molecule has 0 spiro atoms. The van der Waals surface area contributed by atoms with Gasteiger partial charge in [0.2, 0.25) is 5.88 Å². The zero-order valence-electron chi connectivity index (χ0n) is 11.3. The molecular weight excluding hydrogens is 338 g/mol. The molecule has 108 valence electrons. The van der Waals surface area contributed by atoms with E-state index in [1.807, 2.05) is 6.07 Å². The summed E-state index contributed by atoms with van der Waals surface area (Å²) in [5.41, 5.74) is -0.465. The van der Waals surface area contributed by atoms with E-state index in [0.29, 0.717) is 15.7 Å². The maximum Gasteiger partial charge on any atom is 0.335 e. The summed E-state index contributed by atoms with van der Waals surface area (Å²) in [6, 6.07) is 6.55. The number of rotatable bonds is 2. The number of aromatic hydroxyl groups is 1. The summed E-state index contributed by atoms with van der Waals surface area (Å²) in [4.78, 5) is 26.0. The van der Waals surface area contributed by atoms with Crippen molar-refractivity contribution in [2.45, 2.75) is 19.8 Å². The monoisotopic (exact) mass is 349 g/mol. The van der Waals surface area contributed by atoms with E-state index in [4.69, 9.17) is 5.26 Å². The molecule has 1 heterocycles. The minimum absolute atomic E-state index is 0.130. The largest absolute Gasteiger partial charge is 0.494 e. The van der Waals surface area contributed by atoms with Crippen molar-refractivity contribution < 1.29 is 5.11 Å². The summed E-state index contributed by atoms with van der Waals surface area (Å²) < 4.78 is 1.46. The molecular formula is C14H12BrN3O3. The Balaban J connectivity index is 2.82. The molecule has 2 rings (SSSR count). The van der Waals surface area contributed by atoms with Crippen LogP contribution in [0.15, 0.2) is 32.3 Å². The first-order chi connectivity index (χ1) is 9.86. The molecule has 0 aliphatic heterocycles. The van der Waals surface area contributed by atoms with Crippen molar-refractivity contribution in [1.82, 2.24) is 9.55 Å². The van der Waals surface area contributed by atoms with Gasteiger partial charge in [-0.05, 0) is 40.0 Å². The topological polar surface area (TPSA) is 98.9 Å². The van der Waals surface area contributed by atoms with Gasteiger partial charge < -0.3 is 5.11 Å². The molecule has 0 aliphatic rings. The average Bonchev–Trinajstić information content (AvgIpc) is 2.39. The summed E-state index contributed by atoms with van der Waals surface area (Å²) >= 11 is 3.26. The molecule has 0 atom stereocenters. The number of nitriles is 1. The van der Waals surface area contributed by atoms with Gasteiger partial charge in [0.15, 0.2) is 0 Å². The van der Waals surface area contributed by atoms with Gasteiger partial charge in [0, 0.05) is 4.47 Å². The van der Waals surface area contributed by atoms with Crippen LogP contribution in [-0.2, 0) is 0 Å². The third kappa shape index (κ3) is 2.62. The fourth-order valence-corrected chi connectivity index (χ4v) is 2.60. The van der Waals surface area contributed by atoms with E-state index in [1.165, 1.54) is 18.2 Å². The lowest BCUT2D eigenvalue weighted by atomic mass is 10.1. The first kappa shape index (κ1) is 15.1. The Morgan fingerprint density at radius 2 is 2.05 bits per heavy atom. The van der Waals surface area contributed by atoms with E-state index >= 15 is 0 Å². The van der Waals surface area contributed by atoms with E-state index in [-0.39, 0.29) is 11.5 Å². The van der Waals surface area contributed by atoms with Gasteiger partial charge in [-0.15, -0.1) is 0 Å². The highest BCUT2D eigenvalue weighted by molar-refractivity contribution is 9.10. The molecule has 21 heavy (non-hydrogen) atoms. The van der Waals surface area contributed by atoms with Crippen LogP contribution in [0.3, 0.4) is 0 Å². The molecule has 1 aromatic carbocycles. The predicted molar refractivity (Wildman–Crippen MR) is 80.8 cm³/mol. The van der Waals surface area contributed by atoms with Crippen molar-refractivity contribution in [1.29, 1.82) is 5.26 Å². The molecule has 0 fully saturated rings. The molecule has 0 radical (unpaired) electrons. The lowest BCUT2D eigenvalue weighted by Gasteiger charge is -2.14. The van der Waals surface area contributed by atoms with E-state index in [9.17, 15) is 14.7 Å². The van der Waals surface area contributed by atoms with Crippen LogP contribution in [0.1, 0.15) is 30.9 Å². The number of benzene rings is 1. The Hall–Kier alpha value is -2.33. The second kappa shape index (κ2) is 5.58. The summed E-state index contributed by atoms with van der Waals surface area (Å²) in [7, 11) is 0. The number of nitrogens with one attached hydrogen (secondary N) is 1. The minimum atomic E-state index is -0.743. The number of H-pyrrole nitrogens is 1. The third-order valence-electron chi connectivity index (χ3n) is 3.02. The first-order valence-electron chi connectivity index (χ1n) is 6.15. The number of hydrogen-bond acceptors (Lipinski definition) is 4.